The van der Waals surface area contributed by atoms with Crippen LogP contribution in [0.1, 0.15) is 0 Å². The molecular formula is C10H19ClN2O2. The van der Waals surface area contributed by atoms with Crippen LogP contribution in [0.5, 0.6) is 0 Å². The molecule has 1 atom stereocenters. The van der Waals surface area contributed by atoms with Crippen LogP contribution in [0.2, 0.25) is 0 Å². The highest BCUT2D eigenvalue weighted by atomic mass is 35.5. The summed E-state index contributed by atoms with van der Waals surface area (Å²) in [6.45, 7) is 8.66. The van der Waals surface area contributed by atoms with Gasteiger partial charge in [-0.2, -0.15) is 0 Å². The minimum atomic E-state index is -0.362. The summed E-state index contributed by atoms with van der Waals surface area (Å²) in [6.07, 6.45) is -0.362. The fraction of sp³-hybridized carbons (Fsp3) is 0.800. The Hall–Kier alpha value is -0.130. The number of nitrogens with zero attached hydrogens (tertiary/aromatic N) is 1. The number of halogens is 1. The summed E-state index contributed by atoms with van der Waals surface area (Å²) < 4.78 is 5.23. The second-order valence-corrected chi connectivity index (χ2v) is 4.25. The first kappa shape index (κ1) is 12.9. The topological polar surface area (TPSA) is 44.7 Å². The number of hydrogen-bond donors (Lipinski definition) is 2. The van der Waals surface area contributed by atoms with Gasteiger partial charge >= 0.3 is 0 Å². The van der Waals surface area contributed by atoms with Gasteiger partial charge in [0.15, 0.2) is 0 Å². The molecule has 0 aromatic carbocycles. The lowest BCUT2D eigenvalue weighted by molar-refractivity contribution is 0.0151. The molecule has 0 aromatic heterocycles. The standard InChI is InChI=1S/C10H19ClN2O2/c1-9(11)6-12-7-10(14)8-13-2-4-15-5-3-13/h10,12,14H,1-8H2. The molecule has 0 aromatic rings. The maximum Gasteiger partial charge on any atom is 0.0791 e. The maximum atomic E-state index is 9.70. The van der Waals surface area contributed by atoms with Crippen LogP contribution >= 0.6 is 11.6 Å². The van der Waals surface area contributed by atoms with Crippen LogP contribution in [0.4, 0.5) is 0 Å². The number of β-amino-alcohol motifs (C(OH)–C–C–N with tert-alkyl or cyclic N) is 1. The molecule has 1 rings (SSSR count). The van der Waals surface area contributed by atoms with Gasteiger partial charge in [-0.1, -0.05) is 18.2 Å². The monoisotopic (exact) mass is 234 g/mol. The van der Waals surface area contributed by atoms with Crippen molar-refractivity contribution >= 4 is 11.6 Å². The minimum absolute atomic E-state index is 0.362. The van der Waals surface area contributed by atoms with Crippen LogP contribution in [0, 0.1) is 0 Å². The highest BCUT2D eigenvalue weighted by Gasteiger charge is 2.14. The van der Waals surface area contributed by atoms with Gasteiger partial charge < -0.3 is 15.2 Å². The maximum absolute atomic E-state index is 9.70. The Labute approximate surface area is 95.8 Å². The molecule has 15 heavy (non-hydrogen) atoms. The van der Waals surface area contributed by atoms with E-state index in [1.54, 1.807) is 0 Å². The first-order valence-corrected chi connectivity index (χ1v) is 5.58. The smallest absolute Gasteiger partial charge is 0.0791 e. The lowest BCUT2D eigenvalue weighted by atomic mass is 10.3. The zero-order chi connectivity index (χ0) is 11.1. The molecule has 1 fully saturated rings. The molecule has 1 saturated heterocycles. The average molecular weight is 235 g/mol. The van der Waals surface area contributed by atoms with Crippen molar-refractivity contribution in [2.75, 3.05) is 45.9 Å². The van der Waals surface area contributed by atoms with E-state index in [1.807, 2.05) is 0 Å². The Balaban J connectivity index is 2.06. The van der Waals surface area contributed by atoms with Gasteiger partial charge in [0.1, 0.15) is 0 Å². The van der Waals surface area contributed by atoms with E-state index in [-0.39, 0.29) is 6.10 Å². The van der Waals surface area contributed by atoms with E-state index in [4.69, 9.17) is 16.3 Å². The van der Waals surface area contributed by atoms with Gasteiger partial charge in [0, 0.05) is 37.8 Å². The molecule has 0 amide bonds. The van der Waals surface area contributed by atoms with Crippen molar-refractivity contribution in [1.82, 2.24) is 10.2 Å². The highest BCUT2D eigenvalue weighted by Crippen LogP contribution is 1.98. The van der Waals surface area contributed by atoms with Crippen molar-refractivity contribution in [3.05, 3.63) is 11.6 Å². The molecule has 0 radical (unpaired) electrons. The number of nitrogens with one attached hydrogen (secondary N) is 1. The van der Waals surface area contributed by atoms with Crippen LogP contribution < -0.4 is 5.32 Å². The lowest BCUT2D eigenvalue weighted by Gasteiger charge is -2.28. The zero-order valence-electron chi connectivity index (χ0n) is 8.91. The van der Waals surface area contributed by atoms with Crippen molar-refractivity contribution in [2.24, 2.45) is 0 Å². The second kappa shape index (κ2) is 7.19. The summed E-state index contributed by atoms with van der Waals surface area (Å²) in [5.74, 6) is 0. The van der Waals surface area contributed by atoms with Crippen LogP contribution in [-0.4, -0.2) is 62.0 Å². The molecule has 5 heteroatoms. The van der Waals surface area contributed by atoms with Crippen molar-refractivity contribution in [3.63, 3.8) is 0 Å². The van der Waals surface area contributed by atoms with Gasteiger partial charge in [0.25, 0.3) is 0 Å². The van der Waals surface area contributed by atoms with E-state index in [9.17, 15) is 5.11 Å². The van der Waals surface area contributed by atoms with Crippen molar-refractivity contribution in [3.8, 4) is 0 Å². The number of hydrogen-bond acceptors (Lipinski definition) is 4. The Morgan fingerprint density at radius 1 is 1.53 bits per heavy atom. The fourth-order valence-corrected chi connectivity index (χ4v) is 1.62. The molecule has 0 bridgehead atoms. The number of aliphatic hydroxyl groups is 1. The van der Waals surface area contributed by atoms with E-state index in [0.29, 0.717) is 24.7 Å². The lowest BCUT2D eigenvalue weighted by Crippen LogP contribution is -2.43. The third-order valence-corrected chi connectivity index (χ3v) is 2.40. The number of morpholine rings is 1. The Kier molecular flexibility index (Phi) is 6.20. The van der Waals surface area contributed by atoms with Gasteiger partial charge in [-0.25, -0.2) is 0 Å². The van der Waals surface area contributed by atoms with Gasteiger partial charge in [0.05, 0.1) is 19.3 Å². The van der Waals surface area contributed by atoms with Gasteiger partial charge in [-0.3, -0.25) is 4.90 Å². The van der Waals surface area contributed by atoms with Crippen LogP contribution in [-0.2, 0) is 4.74 Å². The quantitative estimate of drug-likeness (QED) is 0.680. The molecule has 0 saturated carbocycles. The SMILES string of the molecule is C=C(Cl)CNCC(O)CN1CCOCC1. The van der Waals surface area contributed by atoms with Gasteiger partial charge in [-0.15, -0.1) is 0 Å². The summed E-state index contributed by atoms with van der Waals surface area (Å²) >= 11 is 5.59. The van der Waals surface area contributed by atoms with Crippen LogP contribution in [0.3, 0.4) is 0 Å². The predicted octanol–water partition coefficient (Wildman–Crippen LogP) is 0.0216. The molecule has 88 valence electrons. The van der Waals surface area contributed by atoms with E-state index in [1.165, 1.54) is 0 Å². The van der Waals surface area contributed by atoms with E-state index >= 15 is 0 Å². The first-order chi connectivity index (χ1) is 7.18. The summed E-state index contributed by atoms with van der Waals surface area (Å²) in [5.41, 5.74) is 0. The number of rotatable bonds is 6. The molecule has 4 nitrogen and oxygen atoms in total. The van der Waals surface area contributed by atoms with Crippen LogP contribution in [0.15, 0.2) is 11.6 Å². The number of ether oxygens (including phenoxy) is 1. The Morgan fingerprint density at radius 3 is 2.80 bits per heavy atom. The van der Waals surface area contributed by atoms with Crippen molar-refractivity contribution in [1.29, 1.82) is 0 Å². The molecule has 2 N–H and O–H groups in total. The average Bonchev–Trinajstić information content (AvgIpc) is 2.18. The van der Waals surface area contributed by atoms with E-state index in [0.717, 1.165) is 26.3 Å². The zero-order valence-corrected chi connectivity index (χ0v) is 9.67. The minimum Gasteiger partial charge on any atom is -0.390 e. The number of aliphatic hydroxyl groups excluding tert-OH is 1. The third kappa shape index (κ3) is 6.12. The Morgan fingerprint density at radius 2 is 2.20 bits per heavy atom. The van der Waals surface area contributed by atoms with Crippen molar-refractivity contribution in [2.45, 2.75) is 6.10 Å². The van der Waals surface area contributed by atoms with E-state index < -0.39 is 0 Å². The highest BCUT2D eigenvalue weighted by molar-refractivity contribution is 6.29. The molecule has 0 spiro atoms. The first-order valence-electron chi connectivity index (χ1n) is 5.20. The summed E-state index contributed by atoms with van der Waals surface area (Å²) in [4.78, 5) is 2.20. The molecule has 1 aliphatic heterocycles. The molecular weight excluding hydrogens is 216 g/mol. The molecule has 1 unspecified atom stereocenters. The molecule has 1 aliphatic rings. The normalized spacial score (nSPS) is 20.1. The summed E-state index contributed by atoms with van der Waals surface area (Å²) in [7, 11) is 0. The van der Waals surface area contributed by atoms with Crippen molar-refractivity contribution < 1.29 is 9.84 Å². The third-order valence-electron chi connectivity index (χ3n) is 2.27. The fourth-order valence-electron chi connectivity index (χ4n) is 1.52. The summed E-state index contributed by atoms with van der Waals surface area (Å²) in [6, 6.07) is 0. The second-order valence-electron chi connectivity index (χ2n) is 3.71. The summed E-state index contributed by atoms with van der Waals surface area (Å²) in [5, 5.41) is 13.3. The van der Waals surface area contributed by atoms with Crippen LogP contribution in [0.25, 0.3) is 0 Å². The van der Waals surface area contributed by atoms with E-state index in [2.05, 4.69) is 16.8 Å². The van der Waals surface area contributed by atoms with Gasteiger partial charge in [-0.05, 0) is 0 Å². The Bertz CT molecular complexity index is 196. The largest absolute Gasteiger partial charge is 0.390 e. The molecule has 1 heterocycles. The predicted molar refractivity (Wildman–Crippen MR) is 61.1 cm³/mol. The molecule has 0 aliphatic carbocycles. The van der Waals surface area contributed by atoms with Gasteiger partial charge in [0.2, 0.25) is 0 Å².